The number of anilines is 2. The highest BCUT2D eigenvalue weighted by atomic mass is 32.2. The maximum atomic E-state index is 13.3. The number of nitrogen functional groups attached to an aromatic ring is 1. The Bertz CT molecular complexity index is 911. The molecule has 1 saturated heterocycles. The molecule has 0 radical (unpaired) electrons. The third-order valence-corrected chi connectivity index (χ3v) is 6.64. The summed E-state index contributed by atoms with van der Waals surface area (Å²) in [5, 5.41) is 0. The Morgan fingerprint density at radius 1 is 1.18 bits per heavy atom. The van der Waals surface area contributed by atoms with Crippen molar-refractivity contribution in [3.8, 4) is 0 Å². The number of nitrogens with zero attached hydrogens (tertiary/aromatic N) is 2. The van der Waals surface area contributed by atoms with Crippen molar-refractivity contribution in [1.82, 2.24) is 4.31 Å². The van der Waals surface area contributed by atoms with Crippen molar-refractivity contribution in [3.63, 3.8) is 0 Å². The molecule has 8 heteroatoms. The van der Waals surface area contributed by atoms with Gasteiger partial charge in [0.15, 0.2) is 0 Å². The van der Waals surface area contributed by atoms with E-state index in [-0.39, 0.29) is 24.1 Å². The smallest absolute Gasteiger partial charge is 0.243 e. The molecule has 0 aromatic heterocycles. The van der Waals surface area contributed by atoms with E-state index in [2.05, 4.69) is 0 Å². The van der Waals surface area contributed by atoms with E-state index in [1.165, 1.54) is 16.4 Å². The van der Waals surface area contributed by atoms with Crippen molar-refractivity contribution in [2.24, 2.45) is 0 Å². The molecule has 2 aromatic rings. The lowest BCUT2D eigenvalue weighted by Crippen LogP contribution is -2.37. The second kappa shape index (κ2) is 8.46. The number of sulfonamides is 1. The first-order valence-electron chi connectivity index (χ1n) is 9.20. The second-order valence-corrected chi connectivity index (χ2v) is 9.11. The van der Waals surface area contributed by atoms with Gasteiger partial charge in [-0.15, -0.1) is 0 Å². The van der Waals surface area contributed by atoms with E-state index in [0.29, 0.717) is 12.3 Å². The Hall–Kier alpha value is -2.16. The van der Waals surface area contributed by atoms with Crippen LogP contribution in [0.2, 0.25) is 0 Å². The van der Waals surface area contributed by atoms with Crippen LogP contribution in [0.25, 0.3) is 0 Å². The van der Waals surface area contributed by atoms with Crippen LogP contribution in [0.5, 0.6) is 0 Å². The fourth-order valence-corrected chi connectivity index (χ4v) is 4.83. The molecular formula is C20H26FN3O3S. The number of hydrogen-bond acceptors (Lipinski definition) is 5. The van der Waals surface area contributed by atoms with E-state index < -0.39 is 15.8 Å². The van der Waals surface area contributed by atoms with Gasteiger partial charge < -0.3 is 15.4 Å². The summed E-state index contributed by atoms with van der Waals surface area (Å²) in [6, 6.07) is 10.3. The van der Waals surface area contributed by atoms with Crippen molar-refractivity contribution >= 4 is 21.4 Å². The average Bonchev–Trinajstić information content (AvgIpc) is 3.14. The molecule has 1 atom stereocenters. The zero-order chi connectivity index (χ0) is 20.3. The van der Waals surface area contributed by atoms with Crippen LogP contribution >= 0.6 is 0 Å². The van der Waals surface area contributed by atoms with Gasteiger partial charge >= 0.3 is 0 Å². The van der Waals surface area contributed by atoms with E-state index in [1.54, 1.807) is 12.1 Å². The quantitative estimate of drug-likeness (QED) is 0.715. The van der Waals surface area contributed by atoms with Crippen LogP contribution in [0.4, 0.5) is 15.8 Å². The predicted molar refractivity (Wildman–Crippen MR) is 108 cm³/mol. The van der Waals surface area contributed by atoms with E-state index in [0.717, 1.165) is 36.2 Å². The van der Waals surface area contributed by atoms with Gasteiger partial charge in [0.2, 0.25) is 10.0 Å². The molecule has 28 heavy (non-hydrogen) atoms. The number of benzene rings is 2. The normalized spacial score (nSPS) is 17.2. The monoisotopic (exact) mass is 407 g/mol. The van der Waals surface area contributed by atoms with E-state index in [1.807, 2.05) is 25.1 Å². The first kappa shape index (κ1) is 20.6. The van der Waals surface area contributed by atoms with Gasteiger partial charge in [-0.2, -0.15) is 4.31 Å². The SMILES string of the molecule is CN(C)c1ccc(N)cc1CN(C[C@H]1CCCO1)S(=O)(=O)c1ccc(F)cc1. The molecule has 0 aliphatic carbocycles. The molecule has 152 valence electrons. The van der Waals surface area contributed by atoms with Crippen LogP contribution in [0.1, 0.15) is 18.4 Å². The highest BCUT2D eigenvalue weighted by Gasteiger charge is 2.30. The number of hydrogen-bond donors (Lipinski definition) is 1. The number of halogens is 1. The molecule has 0 unspecified atom stereocenters. The molecule has 1 heterocycles. The van der Waals surface area contributed by atoms with Gasteiger partial charge in [-0.05, 0) is 60.9 Å². The van der Waals surface area contributed by atoms with Crippen LogP contribution in [0.15, 0.2) is 47.4 Å². The molecule has 0 spiro atoms. The van der Waals surface area contributed by atoms with Gasteiger partial charge in [-0.3, -0.25) is 0 Å². The van der Waals surface area contributed by atoms with Crippen LogP contribution in [0, 0.1) is 5.82 Å². The Morgan fingerprint density at radius 3 is 2.50 bits per heavy atom. The zero-order valence-corrected chi connectivity index (χ0v) is 17.0. The second-order valence-electron chi connectivity index (χ2n) is 7.17. The van der Waals surface area contributed by atoms with Crippen LogP contribution < -0.4 is 10.6 Å². The molecule has 2 aromatic carbocycles. The number of nitrogens with two attached hydrogens (primary N) is 1. The first-order valence-corrected chi connectivity index (χ1v) is 10.6. The topological polar surface area (TPSA) is 75.9 Å². The van der Waals surface area contributed by atoms with Gasteiger partial charge in [-0.1, -0.05) is 0 Å². The predicted octanol–water partition coefficient (Wildman–Crippen LogP) is 2.84. The van der Waals surface area contributed by atoms with Gasteiger partial charge in [0.05, 0.1) is 11.0 Å². The first-order chi connectivity index (χ1) is 13.3. The maximum absolute atomic E-state index is 13.3. The summed E-state index contributed by atoms with van der Waals surface area (Å²) in [5.41, 5.74) is 8.21. The maximum Gasteiger partial charge on any atom is 0.243 e. The van der Waals surface area contributed by atoms with Crippen molar-refractivity contribution < 1.29 is 17.5 Å². The minimum absolute atomic E-state index is 0.0576. The fourth-order valence-electron chi connectivity index (χ4n) is 3.38. The molecule has 1 fully saturated rings. The van der Waals surface area contributed by atoms with E-state index in [4.69, 9.17) is 10.5 Å². The van der Waals surface area contributed by atoms with Crippen molar-refractivity contribution in [1.29, 1.82) is 0 Å². The van der Waals surface area contributed by atoms with E-state index >= 15 is 0 Å². The largest absolute Gasteiger partial charge is 0.399 e. The number of ether oxygens (including phenoxy) is 1. The van der Waals surface area contributed by atoms with Gasteiger partial charge in [0.1, 0.15) is 5.82 Å². The summed E-state index contributed by atoms with van der Waals surface area (Å²) in [7, 11) is -0.0380. The minimum atomic E-state index is -3.83. The van der Waals surface area contributed by atoms with Crippen LogP contribution in [-0.4, -0.2) is 46.1 Å². The van der Waals surface area contributed by atoms with Crippen molar-refractivity contribution in [2.75, 3.05) is 37.9 Å². The summed E-state index contributed by atoms with van der Waals surface area (Å²) in [6.07, 6.45) is 1.57. The van der Waals surface area contributed by atoms with E-state index in [9.17, 15) is 12.8 Å². The zero-order valence-electron chi connectivity index (χ0n) is 16.1. The van der Waals surface area contributed by atoms with Crippen LogP contribution in [0.3, 0.4) is 0 Å². The van der Waals surface area contributed by atoms with Gasteiger partial charge in [-0.25, -0.2) is 12.8 Å². The molecule has 3 rings (SSSR count). The average molecular weight is 408 g/mol. The Morgan fingerprint density at radius 2 is 1.89 bits per heavy atom. The molecule has 1 aliphatic heterocycles. The van der Waals surface area contributed by atoms with Crippen LogP contribution in [-0.2, 0) is 21.3 Å². The lowest BCUT2D eigenvalue weighted by Gasteiger charge is -2.27. The molecule has 6 nitrogen and oxygen atoms in total. The Balaban J connectivity index is 1.97. The summed E-state index contributed by atoms with van der Waals surface area (Å²) >= 11 is 0. The molecule has 0 saturated carbocycles. The van der Waals surface area contributed by atoms with Crippen molar-refractivity contribution in [3.05, 3.63) is 53.8 Å². The molecule has 0 amide bonds. The molecule has 1 aliphatic rings. The summed E-state index contributed by atoms with van der Waals surface area (Å²) in [4.78, 5) is 1.98. The number of rotatable bonds is 7. The third-order valence-electron chi connectivity index (χ3n) is 4.81. The standard InChI is InChI=1S/C20H26FN3O3S/c1-23(2)20-10-7-17(22)12-15(20)13-24(14-18-4-3-11-27-18)28(25,26)19-8-5-16(21)6-9-19/h5-10,12,18H,3-4,11,13-14,22H2,1-2H3/t18-/m1/s1. The third kappa shape index (κ3) is 4.63. The highest BCUT2D eigenvalue weighted by molar-refractivity contribution is 7.89. The Labute approximate surface area is 165 Å². The lowest BCUT2D eigenvalue weighted by molar-refractivity contribution is 0.0926. The lowest BCUT2D eigenvalue weighted by atomic mass is 10.1. The Kier molecular flexibility index (Phi) is 6.22. The molecule has 2 N–H and O–H groups in total. The molecule has 0 bridgehead atoms. The van der Waals surface area contributed by atoms with Crippen molar-refractivity contribution in [2.45, 2.75) is 30.4 Å². The van der Waals surface area contributed by atoms with Gasteiger partial charge in [0.25, 0.3) is 0 Å². The highest BCUT2D eigenvalue weighted by Crippen LogP contribution is 2.27. The summed E-state index contributed by atoms with van der Waals surface area (Å²) in [5.74, 6) is -0.477. The molecular weight excluding hydrogens is 381 g/mol. The van der Waals surface area contributed by atoms with Gasteiger partial charge in [0, 0.05) is 45.2 Å². The summed E-state index contributed by atoms with van der Waals surface area (Å²) < 4.78 is 47.0. The summed E-state index contributed by atoms with van der Waals surface area (Å²) in [6.45, 7) is 1.02. The minimum Gasteiger partial charge on any atom is -0.399 e. The fraction of sp³-hybridized carbons (Fsp3) is 0.400.